The number of carbonyl (C=O) groups excluding carboxylic acids is 2. The van der Waals surface area contributed by atoms with Gasteiger partial charge in [0, 0.05) is 24.1 Å². The zero-order valence-electron chi connectivity index (χ0n) is 21.1. The van der Waals surface area contributed by atoms with Gasteiger partial charge >= 0.3 is 5.97 Å². The summed E-state index contributed by atoms with van der Waals surface area (Å²) in [6, 6.07) is 15.9. The first-order chi connectivity index (χ1) is 17.9. The molecule has 190 valence electrons. The molecule has 0 aliphatic carbocycles. The van der Waals surface area contributed by atoms with Gasteiger partial charge in [-0.3, -0.25) is 4.79 Å². The molecular weight excluding hydrogens is 470 g/mol. The number of aromatic amines is 1. The quantitative estimate of drug-likeness (QED) is 0.244. The smallest absolute Gasteiger partial charge is 0.358 e. The van der Waals surface area contributed by atoms with Crippen LogP contribution in [0.5, 0.6) is 0 Å². The molecule has 0 aliphatic heterocycles. The van der Waals surface area contributed by atoms with Crippen LogP contribution in [0.3, 0.4) is 0 Å². The minimum atomic E-state index is -0.541. The maximum absolute atomic E-state index is 13.0. The van der Waals surface area contributed by atoms with Gasteiger partial charge in [-0.1, -0.05) is 62.0 Å². The first kappa shape index (κ1) is 25.5. The molecule has 2 heterocycles. The highest BCUT2D eigenvalue weighted by atomic mass is 16.5. The molecule has 2 aromatic heterocycles. The second-order valence-electron chi connectivity index (χ2n) is 8.51. The fourth-order valence-corrected chi connectivity index (χ4v) is 3.98. The number of rotatable bonds is 10. The number of aryl methyl sites for hydroxylation is 1. The Morgan fingerprint density at radius 1 is 1.08 bits per heavy atom. The van der Waals surface area contributed by atoms with Crippen LogP contribution >= 0.6 is 0 Å². The van der Waals surface area contributed by atoms with Crippen LogP contribution in [-0.4, -0.2) is 48.7 Å². The number of anilines is 1. The summed E-state index contributed by atoms with van der Waals surface area (Å²) in [6.45, 7) is 9.63. The standard InChI is InChI=1S/C27H29N7O3/c1-5-9-22-28-25(29-26(35)17(3)4)23(27(36)37-6-2)34(22)16-18-12-14-19(15-13-18)20-10-7-8-11-21(20)24-30-32-33-31-24/h7-8,10-15H,3,5-6,9,16H2,1-2,4H3,(H,29,35)(H,30,31,32,33). The fraction of sp³-hybridized carbons (Fsp3) is 0.259. The zero-order valence-corrected chi connectivity index (χ0v) is 21.1. The van der Waals surface area contributed by atoms with E-state index >= 15 is 0 Å². The molecule has 0 radical (unpaired) electrons. The van der Waals surface area contributed by atoms with Gasteiger partial charge in [0.15, 0.2) is 17.3 Å². The molecule has 0 saturated carbocycles. The number of nitrogens with one attached hydrogen (secondary N) is 2. The lowest BCUT2D eigenvalue weighted by atomic mass is 9.98. The summed E-state index contributed by atoms with van der Waals surface area (Å²) >= 11 is 0. The highest BCUT2D eigenvalue weighted by Crippen LogP contribution is 2.30. The van der Waals surface area contributed by atoms with Gasteiger partial charge in [-0.15, -0.1) is 5.10 Å². The molecule has 4 rings (SSSR count). The van der Waals surface area contributed by atoms with E-state index in [4.69, 9.17) is 4.74 Å². The summed E-state index contributed by atoms with van der Waals surface area (Å²) in [4.78, 5) is 29.9. The summed E-state index contributed by atoms with van der Waals surface area (Å²) in [5.74, 6) is 0.519. The van der Waals surface area contributed by atoms with Crippen molar-refractivity contribution in [3.8, 4) is 22.5 Å². The Labute approximate surface area is 214 Å². The Morgan fingerprint density at radius 3 is 2.43 bits per heavy atom. The van der Waals surface area contributed by atoms with Gasteiger partial charge in [0.1, 0.15) is 5.82 Å². The molecular formula is C27H29N7O3. The summed E-state index contributed by atoms with van der Waals surface area (Å²) in [7, 11) is 0. The van der Waals surface area contributed by atoms with Crippen molar-refractivity contribution in [1.29, 1.82) is 0 Å². The van der Waals surface area contributed by atoms with Gasteiger partial charge < -0.3 is 14.6 Å². The van der Waals surface area contributed by atoms with Crippen molar-refractivity contribution in [2.24, 2.45) is 0 Å². The van der Waals surface area contributed by atoms with Crippen LogP contribution in [0, 0.1) is 0 Å². The first-order valence-corrected chi connectivity index (χ1v) is 12.1. The van der Waals surface area contributed by atoms with E-state index < -0.39 is 11.9 Å². The molecule has 37 heavy (non-hydrogen) atoms. The van der Waals surface area contributed by atoms with Gasteiger partial charge in [-0.05, 0) is 47.4 Å². The largest absolute Gasteiger partial charge is 0.461 e. The van der Waals surface area contributed by atoms with E-state index in [2.05, 4.69) is 37.5 Å². The second kappa shape index (κ2) is 11.4. The molecule has 10 heteroatoms. The Kier molecular flexibility index (Phi) is 7.87. The molecule has 2 aromatic carbocycles. The van der Waals surface area contributed by atoms with E-state index in [0.29, 0.717) is 30.2 Å². The minimum Gasteiger partial charge on any atom is -0.461 e. The molecule has 0 unspecified atom stereocenters. The zero-order chi connectivity index (χ0) is 26.4. The van der Waals surface area contributed by atoms with E-state index in [1.165, 1.54) is 0 Å². The summed E-state index contributed by atoms with van der Waals surface area (Å²) in [5, 5.41) is 16.9. The van der Waals surface area contributed by atoms with E-state index in [1.807, 2.05) is 60.0 Å². The summed E-state index contributed by atoms with van der Waals surface area (Å²) in [5.41, 5.74) is 4.36. The van der Waals surface area contributed by atoms with Crippen molar-refractivity contribution in [2.45, 2.75) is 40.2 Å². The molecule has 0 fully saturated rings. The lowest BCUT2D eigenvalue weighted by Gasteiger charge is -2.13. The van der Waals surface area contributed by atoms with E-state index in [1.54, 1.807) is 13.8 Å². The number of tetrazole rings is 1. The van der Waals surface area contributed by atoms with Gasteiger partial charge in [0.25, 0.3) is 5.91 Å². The lowest BCUT2D eigenvalue weighted by molar-refractivity contribution is -0.112. The van der Waals surface area contributed by atoms with Crippen LogP contribution in [0.4, 0.5) is 5.82 Å². The minimum absolute atomic E-state index is 0.182. The van der Waals surface area contributed by atoms with Crippen LogP contribution < -0.4 is 5.32 Å². The Morgan fingerprint density at radius 2 is 1.81 bits per heavy atom. The molecule has 4 aromatic rings. The van der Waals surface area contributed by atoms with Crippen molar-refractivity contribution in [1.82, 2.24) is 30.2 Å². The van der Waals surface area contributed by atoms with Gasteiger partial charge in [-0.2, -0.15) is 0 Å². The molecule has 0 bridgehead atoms. The molecule has 0 aliphatic rings. The van der Waals surface area contributed by atoms with Crippen molar-refractivity contribution in [3.05, 3.63) is 77.8 Å². The maximum Gasteiger partial charge on any atom is 0.358 e. The number of hydrogen-bond donors (Lipinski definition) is 2. The number of nitrogens with zero attached hydrogens (tertiary/aromatic N) is 5. The number of esters is 1. The van der Waals surface area contributed by atoms with Crippen molar-refractivity contribution >= 4 is 17.7 Å². The molecule has 1 amide bonds. The highest BCUT2D eigenvalue weighted by Gasteiger charge is 2.25. The van der Waals surface area contributed by atoms with E-state index in [9.17, 15) is 9.59 Å². The monoisotopic (exact) mass is 499 g/mol. The van der Waals surface area contributed by atoms with E-state index in [-0.39, 0.29) is 18.1 Å². The number of carbonyl (C=O) groups is 2. The van der Waals surface area contributed by atoms with Crippen LogP contribution in [-0.2, 0) is 22.5 Å². The fourth-order valence-electron chi connectivity index (χ4n) is 3.98. The molecule has 2 N–H and O–H groups in total. The SMILES string of the molecule is C=C(C)C(=O)Nc1nc(CCC)n(Cc2ccc(-c3ccccc3-c3nnn[nH]3)cc2)c1C(=O)OCC. The molecule has 0 spiro atoms. The van der Waals surface area contributed by atoms with Crippen LogP contribution in [0.25, 0.3) is 22.5 Å². The number of hydrogen-bond acceptors (Lipinski definition) is 7. The second-order valence-corrected chi connectivity index (χ2v) is 8.51. The van der Waals surface area contributed by atoms with Crippen molar-refractivity contribution < 1.29 is 14.3 Å². The lowest BCUT2D eigenvalue weighted by Crippen LogP contribution is -2.19. The third-order valence-corrected chi connectivity index (χ3v) is 5.74. The molecule has 0 saturated heterocycles. The van der Waals surface area contributed by atoms with Crippen molar-refractivity contribution in [2.75, 3.05) is 11.9 Å². The number of benzene rings is 2. The Hall–Kier alpha value is -4.60. The van der Waals surface area contributed by atoms with Crippen molar-refractivity contribution in [3.63, 3.8) is 0 Å². The predicted molar refractivity (Wildman–Crippen MR) is 140 cm³/mol. The number of amides is 1. The van der Waals surface area contributed by atoms with Crippen LogP contribution in [0.15, 0.2) is 60.7 Å². The number of aromatic nitrogens is 6. The van der Waals surface area contributed by atoms with Gasteiger partial charge in [0.05, 0.1) is 6.61 Å². The Bertz CT molecular complexity index is 1410. The third kappa shape index (κ3) is 5.64. The number of H-pyrrole nitrogens is 1. The topological polar surface area (TPSA) is 128 Å². The summed E-state index contributed by atoms with van der Waals surface area (Å²) in [6.07, 6.45) is 1.45. The summed E-state index contributed by atoms with van der Waals surface area (Å²) < 4.78 is 7.13. The third-order valence-electron chi connectivity index (χ3n) is 5.74. The van der Waals surface area contributed by atoms with Crippen LogP contribution in [0.1, 0.15) is 49.1 Å². The Balaban J connectivity index is 1.70. The average Bonchev–Trinajstić information content (AvgIpc) is 3.54. The van der Waals surface area contributed by atoms with E-state index in [0.717, 1.165) is 28.7 Å². The molecule has 0 atom stereocenters. The average molecular weight is 500 g/mol. The van der Waals surface area contributed by atoms with Crippen LogP contribution in [0.2, 0.25) is 0 Å². The first-order valence-electron chi connectivity index (χ1n) is 12.1. The molecule has 10 nitrogen and oxygen atoms in total. The highest BCUT2D eigenvalue weighted by molar-refractivity contribution is 6.05. The number of ether oxygens (including phenoxy) is 1. The van der Waals surface area contributed by atoms with Gasteiger partial charge in [0.2, 0.25) is 0 Å². The number of imidazole rings is 1. The predicted octanol–water partition coefficient (Wildman–Crippen LogP) is 4.42. The van der Waals surface area contributed by atoms with Gasteiger partial charge in [-0.25, -0.2) is 14.9 Å². The normalized spacial score (nSPS) is 10.8. The maximum atomic E-state index is 13.0.